The van der Waals surface area contributed by atoms with Gasteiger partial charge in [-0.1, -0.05) is 30.3 Å². The smallest absolute Gasteiger partial charge is 0.327 e. The van der Waals surface area contributed by atoms with E-state index in [1.165, 1.54) is 0 Å². The molecule has 0 amide bonds. The number of benzene rings is 2. The SMILES string of the molecule is O=C(c1ccccc1)c1ccc(Oc2nc(Cl)nc(Cl)n2)cc1. The Morgan fingerprint density at radius 2 is 1.35 bits per heavy atom. The number of aromatic nitrogens is 3. The second-order valence-corrected chi connectivity index (χ2v) is 5.15. The van der Waals surface area contributed by atoms with E-state index in [-0.39, 0.29) is 22.4 Å². The quantitative estimate of drug-likeness (QED) is 0.663. The van der Waals surface area contributed by atoms with Gasteiger partial charge >= 0.3 is 6.01 Å². The van der Waals surface area contributed by atoms with Gasteiger partial charge in [0.2, 0.25) is 10.6 Å². The van der Waals surface area contributed by atoms with Gasteiger partial charge in [-0.25, -0.2) is 0 Å². The Hall–Kier alpha value is -2.50. The average molecular weight is 346 g/mol. The van der Waals surface area contributed by atoms with Gasteiger partial charge < -0.3 is 4.74 Å². The van der Waals surface area contributed by atoms with Crippen LogP contribution in [0.3, 0.4) is 0 Å². The first-order valence-corrected chi connectivity index (χ1v) is 7.32. The first kappa shape index (κ1) is 15.4. The molecule has 0 bridgehead atoms. The van der Waals surface area contributed by atoms with Gasteiger partial charge in [0.25, 0.3) is 0 Å². The number of nitrogens with zero attached hydrogens (tertiary/aromatic N) is 3. The van der Waals surface area contributed by atoms with Crippen molar-refractivity contribution in [2.45, 2.75) is 0 Å². The third-order valence-corrected chi connectivity index (χ3v) is 3.26. The third kappa shape index (κ3) is 3.83. The van der Waals surface area contributed by atoms with Crippen LogP contribution < -0.4 is 4.74 Å². The number of rotatable bonds is 4. The van der Waals surface area contributed by atoms with E-state index in [0.717, 1.165) is 0 Å². The molecule has 114 valence electrons. The summed E-state index contributed by atoms with van der Waals surface area (Å²) in [7, 11) is 0. The molecule has 0 saturated carbocycles. The van der Waals surface area contributed by atoms with E-state index >= 15 is 0 Å². The molecule has 1 aromatic heterocycles. The van der Waals surface area contributed by atoms with Gasteiger partial charge in [0.15, 0.2) is 5.78 Å². The maximum atomic E-state index is 12.3. The van der Waals surface area contributed by atoms with E-state index in [2.05, 4.69) is 15.0 Å². The fourth-order valence-corrected chi connectivity index (χ4v) is 2.24. The number of hydrogen-bond acceptors (Lipinski definition) is 5. The zero-order valence-corrected chi connectivity index (χ0v) is 13.1. The van der Waals surface area contributed by atoms with Crippen LogP contribution in [0.5, 0.6) is 11.8 Å². The molecule has 0 aliphatic heterocycles. The molecular formula is C16H9Cl2N3O2. The average Bonchev–Trinajstić information content (AvgIpc) is 2.55. The molecule has 0 aliphatic rings. The Kier molecular flexibility index (Phi) is 4.50. The Balaban J connectivity index is 1.78. The molecule has 0 saturated heterocycles. The number of ether oxygens (including phenoxy) is 1. The van der Waals surface area contributed by atoms with Crippen molar-refractivity contribution in [3.8, 4) is 11.8 Å². The molecule has 0 fully saturated rings. The normalized spacial score (nSPS) is 10.3. The highest BCUT2D eigenvalue weighted by molar-refractivity contribution is 6.31. The van der Waals surface area contributed by atoms with E-state index < -0.39 is 0 Å². The van der Waals surface area contributed by atoms with Gasteiger partial charge in [0.1, 0.15) is 5.75 Å². The number of carbonyl (C=O) groups is 1. The first-order chi connectivity index (χ1) is 11.1. The van der Waals surface area contributed by atoms with Crippen molar-refractivity contribution in [3.63, 3.8) is 0 Å². The summed E-state index contributed by atoms with van der Waals surface area (Å²) in [6.45, 7) is 0. The van der Waals surface area contributed by atoms with Crippen LogP contribution in [0.4, 0.5) is 0 Å². The van der Waals surface area contributed by atoms with Gasteiger partial charge in [-0.3, -0.25) is 4.79 Å². The van der Waals surface area contributed by atoms with Gasteiger partial charge in [0.05, 0.1) is 0 Å². The number of carbonyl (C=O) groups excluding carboxylic acids is 1. The van der Waals surface area contributed by atoms with Crippen LogP contribution in [0.25, 0.3) is 0 Å². The lowest BCUT2D eigenvalue weighted by Crippen LogP contribution is -2.01. The second-order valence-electron chi connectivity index (χ2n) is 4.48. The largest absolute Gasteiger partial charge is 0.424 e. The van der Waals surface area contributed by atoms with Crippen molar-refractivity contribution in [3.05, 3.63) is 76.3 Å². The predicted molar refractivity (Wildman–Crippen MR) is 86.2 cm³/mol. The molecule has 23 heavy (non-hydrogen) atoms. The van der Waals surface area contributed by atoms with E-state index in [0.29, 0.717) is 16.9 Å². The van der Waals surface area contributed by atoms with Gasteiger partial charge in [-0.05, 0) is 47.5 Å². The number of halogens is 2. The van der Waals surface area contributed by atoms with Crippen molar-refractivity contribution >= 4 is 29.0 Å². The van der Waals surface area contributed by atoms with Gasteiger partial charge in [-0.15, -0.1) is 0 Å². The van der Waals surface area contributed by atoms with Crippen LogP contribution in [-0.4, -0.2) is 20.7 Å². The minimum absolute atomic E-state index is 0.0165. The fraction of sp³-hybridized carbons (Fsp3) is 0. The Bertz CT molecular complexity index is 819. The van der Waals surface area contributed by atoms with Crippen molar-refractivity contribution in [1.82, 2.24) is 15.0 Å². The molecule has 0 spiro atoms. The second kappa shape index (κ2) is 6.73. The van der Waals surface area contributed by atoms with Crippen LogP contribution >= 0.6 is 23.2 Å². The Labute approximate surface area is 141 Å². The third-order valence-electron chi connectivity index (χ3n) is 2.92. The van der Waals surface area contributed by atoms with Crippen LogP contribution in [-0.2, 0) is 0 Å². The molecule has 0 aliphatic carbocycles. The highest BCUT2D eigenvalue weighted by Crippen LogP contribution is 2.21. The maximum Gasteiger partial charge on any atom is 0.327 e. The van der Waals surface area contributed by atoms with Crippen molar-refractivity contribution in [2.75, 3.05) is 0 Å². The Morgan fingerprint density at radius 1 is 0.783 bits per heavy atom. The predicted octanol–water partition coefficient (Wildman–Crippen LogP) is 4.20. The zero-order valence-electron chi connectivity index (χ0n) is 11.6. The first-order valence-electron chi connectivity index (χ1n) is 6.56. The summed E-state index contributed by atoms with van der Waals surface area (Å²) in [6.07, 6.45) is 0. The standard InChI is InChI=1S/C16H9Cl2N3O2/c17-14-19-15(18)21-16(20-14)23-12-8-6-11(7-9-12)13(22)10-4-2-1-3-5-10/h1-9H. The number of ketones is 1. The van der Waals surface area contributed by atoms with Crippen LogP contribution in [0.2, 0.25) is 10.6 Å². The molecule has 3 aromatic rings. The molecule has 3 rings (SSSR count). The molecule has 0 atom stereocenters. The summed E-state index contributed by atoms with van der Waals surface area (Å²) in [6, 6.07) is 15.6. The van der Waals surface area contributed by atoms with E-state index in [4.69, 9.17) is 27.9 Å². The van der Waals surface area contributed by atoms with Crippen LogP contribution in [0.15, 0.2) is 54.6 Å². The van der Waals surface area contributed by atoms with E-state index in [1.54, 1.807) is 36.4 Å². The molecule has 0 unspecified atom stereocenters. The summed E-state index contributed by atoms with van der Waals surface area (Å²) in [4.78, 5) is 23.5. The molecule has 5 nitrogen and oxygen atoms in total. The van der Waals surface area contributed by atoms with E-state index in [9.17, 15) is 4.79 Å². The maximum absolute atomic E-state index is 12.3. The van der Waals surface area contributed by atoms with Crippen molar-refractivity contribution in [1.29, 1.82) is 0 Å². The van der Waals surface area contributed by atoms with Crippen molar-refractivity contribution < 1.29 is 9.53 Å². The summed E-state index contributed by atoms with van der Waals surface area (Å²) < 4.78 is 5.44. The lowest BCUT2D eigenvalue weighted by Gasteiger charge is -2.05. The van der Waals surface area contributed by atoms with Crippen molar-refractivity contribution in [2.24, 2.45) is 0 Å². The lowest BCUT2D eigenvalue weighted by atomic mass is 10.0. The topological polar surface area (TPSA) is 65.0 Å². The summed E-state index contributed by atoms with van der Waals surface area (Å²) in [5.41, 5.74) is 1.17. The Morgan fingerprint density at radius 3 is 1.96 bits per heavy atom. The molecular weight excluding hydrogens is 337 g/mol. The van der Waals surface area contributed by atoms with E-state index in [1.807, 2.05) is 18.2 Å². The summed E-state index contributed by atoms with van der Waals surface area (Å²) >= 11 is 11.4. The highest BCUT2D eigenvalue weighted by Gasteiger charge is 2.10. The summed E-state index contributed by atoms with van der Waals surface area (Å²) in [5, 5.41) is -0.119. The number of hydrogen-bond donors (Lipinski definition) is 0. The minimum atomic E-state index is -0.0663. The molecule has 0 radical (unpaired) electrons. The molecule has 2 aromatic carbocycles. The highest BCUT2D eigenvalue weighted by atomic mass is 35.5. The molecule has 1 heterocycles. The summed E-state index contributed by atoms with van der Waals surface area (Å²) in [5.74, 6) is 0.386. The fourth-order valence-electron chi connectivity index (χ4n) is 1.89. The van der Waals surface area contributed by atoms with Crippen LogP contribution in [0.1, 0.15) is 15.9 Å². The lowest BCUT2D eigenvalue weighted by molar-refractivity contribution is 0.103. The van der Waals surface area contributed by atoms with Gasteiger partial charge in [-0.2, -0.15) is 15.0 Å². The zero-order chi connectivity index (χ0) is 16.2. The monoisotopic (exact) mass is 345 g/mol. The minimum Gasteiger partial charge on any atom is -0.424 e. The molecule has 7 heteroatoms. The van der Waals surface area contributed by atoms with Gasteiger partial charge in [0, 0.05) is 11.1 Å². The van der Waals surface area contributed by atoms with Crippen LogP contribution in [0, 0.1) is 0 Å². The molecule has 0 N–H and O–H groups in total.